The van der Waals surface area contributed by atoms with E-state index in [2.05, 4.69) is 38.2 Å². The Hall–Kier alpha value is -3.27. The minimum absolute atomic E-state index is 0.0978. The molecule has 1 N–H and O–H groups in total. The van der Waals surface area contributed by atoms with Crippen molar-refractivity contribution in [3.8, 4) is 11.5 Å². The fourth-order valence-electron chi connectivity index (χ4n) is 3.15. The minimum atomic E-state index is -0.164. The molecule has 3 aromatic carbocycles. The molecule has 0 bridgehead atoms. The van der Waals surface area contributed by atoms with E-state index in [1.807, 2.05) is 49.4 Å². The van der Waals surface area contributed by atoms with Gasteiger partial charge in [-0.25, -0.2) is 0 Å². The van der Waals surface area contributed by atoms with E-state index in [1.54, 1.807) is 19.2 Å². The Bertz CT molecular complexity index is 1020. The van der Waals surface area contributed by atoms with Crippen LogP contribution in [0.25, 0.3) is 0 Å². The number of hydrogen-bond acceptors (Lipinski definition) is 3. The Morgan fingerprint density at radius 3 is 2.30 bits per heavy atom. The van der Waals surface area contributed by atoms with Crippen molar-refractivity contribution in [2.75, 3.05) is 12.4 Å². The zero-order valence-corrected chi connectivity index (χ0v) is 18.3. The van der Waals surface area contributed by atoms with Crippen molar-refractivity contribution in [2.24, 2.45) is 0 Å². The molecule has 0 radical (unpaired) electrons. The highest BCUT2D eigenvalue weighted by atomic mass is 16.5. The summed E-state index contributed by atoms with van der Waals surface area (Å²) in [5.41, 5.74) is 4.54. The number of nitrogens with one attached hydrogen (secondary N) is 1. The normalized spacial score (nSPS) is 11.1. The molecule has 0 saturated carbocycles. The van der Waals surface area contributed by atoms with Crippen molar-refractivity contribution < 1.29 is 14.3 Å². The number of methoxy groups -OCH3 is 1. The summed E-state index contributed by atoms with van der Waals surface area (Å²) in [5, 5.41) is 2.96. The SMILES string of the molecule is COc1ccc(C(=O)Nc2ccccc2C)cc1COc1ccc(C(C)(C)C)cc1. The summed E-state index contributed by atoms with van der Waals surface area (Å²) in [6.07, 6.45) is 0. The third-order valence-corrected chi connectivity index (χ3v) is 5.05. The highest BCUT2D eigenvalue weighted by molar-refractivity contribution is 6.04. The molecule has 0 fully saturated rings. The summed E-state index contributed by atoms with van der Waals surface area (Å²) in [6, 6.07) is 21.2. The highest BCUT2D eigenvalue weighted by Gasteiger charge is 2.14. The maximum atomic E-state index is 12.7. The molecule has 0 aliphatic rings. The second-order valence-corrected chi connectivity index (χ2v) is 8.36. The van der Waals surface area contributed by atoms with Crippen LogP contribution in [0.5, 0.6) is 11.5 Å². The second kappa shape index (κ2) is 9.04. The molecule has 0 atom stereocenters. The third-order valence-electron chi connectivity index (χ3n) is 5.05. The van der Waals surface area contributed by atoms with Crippen LogP contribution in [0.3, 0.4) is 0 Å². The lowest BCUT2D eigenvalue weighted by molar-refractivity contribution is 0.102. The summed E-state index contributed by atoms with van der Waals surface area (Å²) in [7, 11) is 1.62. The fourth-order valence-corrected chi connectivity index (χ4v) is 3.15. The van der Waals surface area contributed by atoms with Gasteiger partial charge in [-0.05, 0) is 59.9 Å². The van der Waals surface area contributed by atoms with Gasteiger partial charge in [0.05, 0.1) is 7.11 Å². The highest BCUT2D eigenvalue weighted by Crippen LogP contribution is 2.26. The predicted octanol–water partition coefficient (Wildman–Crippen LogP) is 6.13. The number of amides is 1. The molecule has 0 aliphatic heterocycles. The molecule has 156 valence electrons. The molecular formula is C26H29NO3. The maximum Gasteiger partial charge on any atom is 0.255 e. The standard InChI is InChI=1S/C26H29NO3/c1-18-8-6-7-9-23(18)27-25(28)19-10-15-24(29-5)20(16-19)17-30-22-13-11-21(12-14-22)26(2,3)4/h6-16H,17H2,1-5H3,(H,27,28). The van der Waals surface area contributed by atoms with E-state index in [0.29, 0.717) is 17.9 Å². The Balaban J connectivity index is 1.74. The van der Waals surface area contributed by atoms with Crippen LogP contribution in [0, 0.1) is 6.92 Å². The van der Waals surface area contributed by atoms with Crippen LogP contribution in [0.4, 0.5) is 5.69 Å². The van der Waals surface area contributed by atoms with Gasteiger partial charge in [0.15, 0.2) is 0 Å². The topological polar surface area (TPSA) is 47.6 Å². The molecule has 0 saturated heterocycles. The molecule has 0 heterocycles. The predicted molar refractivity (Wildman–Crippen MR) is 122 cm³/mol. The second-order valence-electron chi connectivity index (χ2n) is 8.36. The van der Waals surface area contributed by atoms with Crippen molar-refractivity contribution in [1.29, 1.82) is 0 Å². The van der Waals surface area contributed by atoms with Crippen LogP contribution in [0.1, 0.15) is 47.8 Å². The summed E-state index contributed by atoms with van der Waals surface area (Å²) in [6.45, 7) is 8.82. The van der Waals surface area contributed by atoms with Gasteiger partial charge in [0.25, 0.3) is 5.91 Å². The first-order chi connectivity index (χ1) is 14.3. The molecule has 0 unspecified atom stereocenters. The van der Waals surface area contributed by atoms with Gasteiger partial charge in [-0.3, -0.25) is 4.79 Å². The number of benzene rings is 3. The van der Waals surface area contributed by atoms with Gasteiger partial charge in [-0.1, -0.05) is 51.1 Å². The number of para-hydroxylation sites is 1. The van der Waals surface area contributed by atoms with Crippen molar-refractivity contribution in [3.63, 3.8) is 0 Å². The average Bonchev–Trinajstić information content (AvgIpc) is 2.73. The zero-order valence-electron chi connectivity index (χ0n) is 18.3. The van der Waals surface area contributed by atoms with Crippen molar-refractivity contribution >= 4 is 11.6 Å². The van der Waals surface area contributed by atoms with Crippen LogP contribution >= 0.6 is 0 Å². The fraction of sp³-hybridized carbons (Fsp3) is 0.269. The Morgan fingerprint density at radius 2 is 1.67 bits per heavy atom. The zero-order chi connectivity index (χ0) is 21.7. The lowest BCUT2D eigenvalue weighted by atomic mass is 9.87. The van der Waals surface area contributed by atoms with Gasteiger partial charge in [0.2, 0.25) is 0 Å². The van der Waals surface area contributed by atoms with Crippen LogP contribution in [0.2, 0.25) is 0 Å². The van der Waals surface area contributed by atoms with Crippen LogP contribution < -0.4 is 14.8 Å². The Kier molecular flexibility index (Phi) is 6.46. The summed E-state index contributed by atoms with van der Waals surface area (Å²) >= 11 is 0. The molecule has 3 rings (SSSR count). The van der Waals surface area contributed by atoms with E-state index in [1.165, 1.54) is 5.56 Å². The van der Waals surface area contributed by atoms with Crippen LogP contribution in [-0.2, 0) is 12.0 Å². The number of ether oxygens (including phenoxy) is 2. The van der Waals surface area contributed by atoms with E-state index in [-0.39, 0.29) is 11.3 Å². The van der Waals surface area contributed by atoms with Crippen molar-refractivity contribution in [1.82, 2.24) is 0 Å². The van der Waals surface area contributed by atoms with E-state index in [0.717, 1.165) is 22.6 Å². The summed E-state index contributed by atoms with van der Waals surface area (Å²) in [5.74, 6) is 1.30. The smallest absolute Gasteiger partial charge is 0.255 e. The molecule has 30 heavy (non-hydrogen) atoms. The largest absolute Gasteiger partial charge is 0.496 e. The first-order valence-electron chi connectivity index (χ1n) is 10.0. The molecular weight excluding hydrogens is 374 g/mol. The number of rotatable bonds is 6. The molecule has 0 aliphatic carbocycles. The van der Waals surface area contributed by atoms with E-state index in [9.17, 15) is 4.79 Å². The Morgan fingerprint density at radius 1 is 0.967 bits per heavy atom. The number of hydrogen-bond donors (Lipinski definition) is 1. The number of aryl methyl sites for hydroxylation is 1. The maximum absolute atomic E-state index is 12.7. The van der Waals surface area contributed by atoms with E-state index >= 15 is 0 Å². The van der Waals surface area contributed by atoms with E-state index < -0.39 is 0 Å². The molecule has 3 aromatic rings. The monoisotopic (exact) mass is 403 g/mol. The van der Waals surface area contributed by atoms with Gasteiger partial charge in [-0.2, -0.15) is 0 Å². The van der Waals surface area contributed by atoms with E-state index in [4.69, 9.17) is 9.47 Å². The molecule has 0 spiro atoms. The van der Waals surface area contributed by atoms with Crippen molar-refractivity contribution in [2.45, 2.75) is 39.7 Å². The van der Waals surface area contributed by atoms with Gasteiger partial charge in [0.1, 0.15) is 18.1 Å². The molecule has 4 heteroatoms. The quantitative estimate of drug-likeness (QED) is 0.538. The van der Waals surface area contributed by atoms with Gasteiger partial charge in [0, 0.05) is 16.8 Å². The number of anilines is 1. The van der Waals surface area contributed by atoms with Crippen LogP contribution in [-0.4, -0.2) is 13.0 Å². The summed E-state index contributed by atoms with van der Waals surface area (Å²) in [4.78, 5) is 12.7. The summed E-state index contributed by atoms with van der Waals surface area (Å²) < 4.78 is 11.4. The lowest BCUT2D eigenvalue weighted by Crippen LogP contribution is -2.13. The van der Waals surface area contributed by atoms with Gasteiger partial charge < -0.3 is 14.8 Å². The van der Waals surface area contributed by atoms with Gasteiger partial charge in [-0.15, -0.1) is 0 Å². The van der Waals surface area contributed by atoms with Crippen molar-refractivity contribution in [3.05, 3.63) is 89.0 Å². The number of carbonyl (C=O) groups excluding carboxylic acids is 1. The lowest BCUT2D eigenvalue weighted by Gasteiger charge is -2.19. The number of carbonyl (C=O) groups is 1. The van der Waals surface area contributed by atoms with Gasteiger partial charge >= 0.3 is 0 Å². The first kappa shape index (κ1) is 21.4. The minimum Gasteiger partial charge on any atom is -0.496 e. The first-order valence-corrected chi connectivity index (χ1v) is 10.0. The molecule has 0 aromatic heterocycles. The Labute approximate surface area is 178 Å². The van der Waals surface area contributed by atoms with Crippen LogP contribution in [0.15, 0.2) is 66.7 Å². The average molecular weight is 404 g/mol. The third kappa shape index (κ3) is 5.20. The molecule has 1 amide bonds. The molecule has 4 nitrogen and oxygen atoms in total.